The minimum Gasteiger partial charge on any atom is -0.478 e. The third-order valence-corrected chi connectivity index (χ3v) is 3.95. The van der Waals surface area contributed by atoms with E-state index in [1.54, 1.807) is 0 Å². The van der Waals surface area contributed by atoms with E-state index in [0.717, 1.165) is 12.0 Å². The predicted molar refractivity (Wildman–Crippen MR) is 84.9 cm³/mol. The molecule has 2 N–H and O–H groups in total. The van der Waals surface area contributed by atoms with Crippen LogP contribution in [0.1, 0.15) is 27.2 Å². The Morgan fingerprint density at radius 2 is 2.14 bits per heavy atom. The summed E-state index contributed by atoms with van der Waals surface area (Å²) < 4.78 is 5.06. The van der Waals surface area contributed by atoms with E-state index in [0.29, 0.717) is 11.5 Å². The summed E-state index contributed by atoms with van der Waals surface area (Å²) in [6.45, 7) is 2.23. The number of benzene rings is 1. The van der Waals surface area contributed by atoms with Gasteiger partial charge in [-0.1, -0.05) is 29.8 Å². The van der Waals surface area contributed by atoms with Gasteiger partial charge in [0, 0.05) is 5.75 Å². The highest BCUT2D eigenvalue weighted by Gasteiger charge is 2.09. The van der Waals surface area contributed by atoms with Gasteiger partial charge in [0.15, 0.2) is 0 Å². The molecular weight excluding hydrogens is 302 g/mol. The Kier molecular flexibility index (Phi) is 5.66. The molecule has 1 heterocycles. The largest absolute Gasteiger partial charge is 0.478 e. The van der Waals surface area contributed by atoms with Crippen LogP contribution in [-0.2, 0) is 17.1 Å². The molecule has 5 nitrogen and oxygen atoms in total. The van der Waals surface area contributed by atoms with Gasteiger partial charge >= 0.3 is 5.97 Å². The topological polar surface area (TPSA) is 79.5 Å². The molecule has 22 heavy (non-hydrogen) atoms. The van der Waals surface area contributed by atoms with E-state index in [-0.39, 0.29) is 18.0 Å². The van der Waals surface area contributed by atoms with Gasteiger partial charge in [-0.25, -0.2) is 4.79 Å². The number of furan rings is 1. The van der Waals surface area contributed by atoms with E-state index < -0.39 is 5.97 Å². The third-order valence-electron chi connectivity index (χ3n) is 2.94. The molecule has 0 bridgehead atoms. The summed E-state index contributed by atoms with van der Waals surface area (Å²) in [4.78, 5) is 22.4. The van der Waals surface area contributed by atoms with Crippen molar-refractivity contribution >= 4 is 23.6 Å². The summed E-state index contributed by atoms with van der Waals surface area (Å²) in [6.07, 6.45) is 1.16. The normalized spacial score (nSPS) is 10.4. The number of carboxylic acid groups (broad SMARTS) is 1. The van der Waals surface area contributed by atoms with Crippen molar-refractivity contribution in [1.82, 2.24) is 5.32 Å². The first kappa shape index (κ1) is 16.2. The molecule has 0 fully saturated rings. The summed E-state index contributed by atoms with van der Waals surface area (Å²) in [6, 6.07) is 9.58. The van der Waals surface area contributed by atoms with E-state index >= 15 is 0 Å². The molecule has 1 aromatic carbocycles. The molecule has 0 atom stereocenters. The van der Waals surface area contributed by atoms with Crippen LogP contribution < -0.4 is 5.32 Å². The summed E-state index contributed by atoms with van der Waals surface area (Å²) in [5.74, 6) is 0.398. The molecule has 0 aliphatic heterocycles. The van der Waals surface area contributed by atoms with Crippen molar-refractivity contribution in [2.24, 2.45) is 0 Å². The fourth-order valence-corrected chi connectivity index (χ4v) is 2.69. The van der Waals surface area contributed by atoms with E-state index in [1.807, 2.05) is 25.1 Å². The van der Waals surface area contributed by atoms with Crippen LogP contribution in [0.2, 0.25) is 0 Å². The van der Waals surface area contributed by atoms with Crippen LogP contribution in [0.15, 0.2) is 41.0 Å². The average molecular weight is 319 g/mol. The number of hydrogen-bond donors (Lipinski definition) is 2. The molecule has 2 rings (SSSR count). The zero-order chi connectivity index (χ0) is 15.9. The van der Waals surface area contributed by atoms with E-state index in [4.69, 9.17) is 9.52 Å². The first-order valence-electron chi connectivity index (χ1n) is 6.75. The maximum Gasteiger partial charge on any atom is 0.338 e. The molecule has 0 aliphatic carbocycles. The number of aryl methyl sites for hydroxylation is 1. The highest BCUT2D eigenvalue weighted by Crippen LogP contribution is 2.13. The second-order valence-corrected chi connectivity index (χ2v) is 5.85. The first-order valence-corrected chi connectivity index (χ1v) is 7.91. The van der Waals surface area contributed by atoms with E-state index in [9.17, 15) is 9.59 Å². The average Bonchev–Trinajstić information content (AvgIpc) is 2.94. The van der Waals surface area contributed by atoms with Crippen molar-refractivity contribution in [3.63, 3.8) is 0 Å². The molecule has 0 saturated heterocycles. The number of amides is 1. The van der Waals surface area contributed by atoms with Crippen molar-refractivity contribution in [3.05, 3.63) is 59.0 Å². The van der Waals surface area contributed by atoms with Crippen LogP contribution in [0.25, 0.3) is 0 Å². The Bertz CT molecular complexity index is 666. The number of carbonyl (C=O) groups is 2. The van der Waals surface area contributed by atoms with Gasteiger partial charge in [-0.3, -0.25) is 4.79 Å². The number of hydrogen-bond acceptors (Lipinski definition) is 4. The summed E-state index contributed by atoms with van der Waals surface area (Å²) in [5, 5.41) is 11.5. The number of rotatable bonds is 7. The van der Waals surface area contributed by atoms with Crippen LogP contribution >= 0.6 is 11.8 Å². The fraction of sp³-hybridized carbons (Fsp3) is 0.250. The number of nitrogens with one attached hydrogen (secondary N) is 1. The van der Waals surface area contributed by atoms with Gasteiger partial charge in [0.2, 0.25) is 5.91 Å². The second kappa shape index (κ2) is 7.70. The van der Waals surface area contributed by atoms with Crippen LogP contribution in [0, 0.1) is 6.92 Å². The summed E-state index contributed by atoms with van der Waals surface area (Å²) >= 11 is 1.53. The summed E-state index contributed by atoms with van der Waals surface area (Å²) in [7, 11) is 0. The lowest BCUT2D eigenvalue weighted by atomic mass is 10.2. The van der Waals surface area contributed by atoms with E-state index in [1.165, 1.54) is 29.0 Å². The first-order chi connectivity index (χ1) is 10.5. The third kappa shape index (κ3) is 4.96. The standard InChI is InChI=1S/C16H17NO4S/c1-11-3-2-4-12(5-11)9-22-10-15(18)17-7-14-6-13(8-21-14)16(19)20/h2-6,8H,7,9-10H2,1H3,(H,17,18)(H,19,20). The van der Waals surface area contributed by atoms with Crippen LogP contribution in [-0.4, -0.2) is 22.7 Å². The fourth-order valence-electron chi connectivity index (χ4n) is 1.89. The Balaban J connectivity index is 1.70. The van der Waals surface area contributed by atoms with Gasteiger partial charge in [0.1, 0.15) is 12.0 Å². The van der Waals surface area contributed by atoms with Crippen LogP contribution in [0.4, 0.5) is 0 Å². The molecule has 2 aromatic rings. The lowest BCUT2D eigenvalue weighted by Crippen LogP contribution is -2.24. The molecule has 1 amide bonds. The second-order valence-electron chi connectivity index (χ2n) is 4.87. The highest BCUT2D eigenvalue weighted by molar-refractivity contribution is 7.99. The Morgan fingerprint density at radius 1 is 1.32 bits per heavy atom. The summed E-state index contributed by atoms with van der Waals surface area (Å²) in [5.41, 5.74) is 2.47. The van der Waals surface area contributed by atoms with Crippen molar-refractivity contribution in [1.29, 1.82) is 0 Å². The van der Waals surface area contributed by atoms with Gasteiger partial charge in [0.25, 0.3) is 0 Å². The number of thioether (sulfide) groups is 1. The molecule has 0 spiro atoms. The maximum atomic E-state index is 11.7. The predicted octanol–water partition coefficient (Wildman–Crippen LogP) is 2.84. The SMILES string of the molecule is Cc1cccc(CSCC(=O)NCc2cc(C(=O)O)co2)c1. The van der Waals surface area contributed by atoms with Gasteiger partial charge in [-0.15, -0.1) is 11.8 Å². The van der Waals surface area contributed by atoms with Crippen molar-refractivity contribution in [3.8, 4) is 0 Å². The zero-order valence-electron chi connectivity index (χ0n) is 12.2. The minimum absolute atomic E-state index is 0.0815. The van der Waals surface area contributed by atoms with Crippen molar-refractivity contribution in [2.45, 2.75) is 19.2 Å². The van der Waals surface area contributed by atoms with Gasteiger partial charge in [-0.2, -0.15) is 0 Å². The number of carbonyl (C=O) groups excluding carboxylic acids is 1. The van der Waals surface area contributed by atoms with Crippen LogP contribution in [0.3, 0.4) is 0 Å². The van der Waals surface area contributed by atoms with E-state index in [2.05, 4.69) is 11.4 Å². The Labute approximate surface area is 132 Å². The lowest BCUT2D eigenvalue weighted by Gasteiger charge is -2.04. The molecular formula is C16H17NO4S. The minimum atomic E-state index is -1.05. The molecule has 1 aromatic heterocycles. The molecule has 0 saturated carbocycles. The lowest BCUT2D eigenvalue weighted by molar-refractivity contribution is -0.118. The molecule has 6 heteroatoms. The highest BCUT2D eigenvalue weighted by atomic mass is 32.2. The number of carboxylic acids is 1. The zero-order valence-corrected chi connectivity index (χ0v) is 13.0. The smallest absolute Gasteiger partial charge is 0.338 e. The van der Waals surface area contributed by atoms with Gasteiger partial charge in [0.05, 0.1) is 17.9 Å². The number of aromatic carboxylic acids is 1. The molecule has 0 aliphatic rings. The Hall–Kier alpha value is -2.21. The molecule has 0 unspecified atom stereocenters. The van der Waals surface area contributed by atoms with Gasteiger partial charge in [-0.05, 0) is 18.6 Å². The van der Waals surface area contributed by atoms with Crippen molar-refractivity contribution < 1.29 is 19.1 Å². The van der Waals surface area contributed by atoms with Crippen LogP contribution in [0.5, 0.6) is 0 Å². The van der Waals surface area contributed by atoms with Gasteiger partial charge < -0.3 is 14.8 Å². The maximum absolute atomic E-state index is 11.7. The molecule has 0 radical (unpaired) electrons. The van der Waals surface area contributed by atoms with Crippen molar-refractivity contribution in [2.75, 3.05) is 5.75 Å². The quantitative estimate of drug-likeness (QED) is 0.820. The molecule has 116 valence electrons. The monoisotopic (exact) mass is 319 g/mol. The Morgan fingerprint density at radius 3 is 2.82 bits per heavy atom.